The molecular formula is C20H21N3O5S. The molecule has 0 fully saturated rings. The third-order valence-electron chi connectivity index (χ3n) is 4.21. The van der Waals surface area contributed by atoms with E-state index in [1.807, 2.05) is 6.92 Å². The molecule has 0 saturated heterocycles. The average molecular weight is 415 g/mol. The van der Waals surface area contributed by atoms with Crippen molar-refractivity contribution in [2.24, 2.45) is 0 Å². The first-order chi connectivity index (χ1) is 13.7. The van der Waals surface area contributed by atoms with E-state index in [2.05, 4.69) is 15.5 Å². The predicted molar refractivity (Wildman–Crippen MR) is 105 cm³/mol. The first-order valence-corrected chi connectivity index (χ1v) is 10.7. The minimum Gasteiger partial charge on any atom is -0.485 e. The number of aromatic nitrogens is 2. The van der Waals surface area contributed by atoms with Crippen LogP contribution in [0.2, 0.25) is 0 Å². The van der Waals surface area contributed by atoms with Crippen LogP contribution in [0.25, 0.3) is 0 Å². The van der Waals surface area contributed by atoms with Gasteiger partial charge in [-0.2, -0.15) is 4.98 Å². The molecule has 1 aromatic heterocycles. The van der Waals surface area contributed by atoms with E-state index in [4.69, 9.17) is 9.26 Å². The van der Waals surface area contributed by atoms with Gasteiger partial charge >= 0.3 is 0 Å². The largest absolute Gasteiger partial charge is 0.485 e. The molecule has 0 aliphatic carbocycles. The fraction of sp³-hybridized carbons (Fsp3) is 0.250. The Kier molecular flexibility index (Phi) is 5.97. The molecule has 0 bridgehead atoms. The quantitative estimate of drug-likeness (QED) is 0.631. The lowest BCUT2D eigenvalue weighted by Gasteiger charge is -2.15. The molecule has 0 spiro atoms. The summed E-state index contributed by atoms with van der Waals surface area (Å²) in [4.78, 5) is 16.8. The molecule has 0 radical (unpaired) electrons. The highest BCUT2D eigenvalue weighted by atomic mass is 32.2. The molecule has 2 aromatic carbocycles. The number of benzene rings is 2. The maximum Gasteiger partial charge on any atom is 0.251 e. The van der Waals surface area contributed by atoms with Gasteiger partial charge in [0.2, 0.25) is 11.7 Å². The molecule has 1 amide bonds. The van der Waals surface area contributed by atoms with Gasteiger partial charge in [-0.1, -0.05) is 17.3 Å². The summed E-state index contributed by atoms with van der Waals surface area (Å²) in [5.74, 6) is 1.24. The van der Waals surface area contributed by atoms with E-state index < -0.39 is 9.84 Å². The molecule has 29 heavy (non-hydrogen) atoms. The number of hydrogen-bond acceptors (Lipinski definition) is 7. The molecule has 0 aliphatic heterocycles. The van der Waals surface area contributed by atoms with E-state index >= 15 is 0 Å². The van der Waals surface area contributed by atoms with Crippen molar-refractivity contribution in [3.8, 4) is 5.75 Å². The second kappa shape index (κ2) is 8.44. The second-order valence-corrected chi connectivity index (χ2v) is 8.59. The number of nitrogens with one attached hydrogen (secondary N) is 1. The number of rotatable bonds is 7. The summed E-state index contributed by atoms with van der Waals surface area (Å²) in [5.41, 5.74) is 1.29. The van der Waals surface area contributed by atoms with E-state index in [0.29, 0.717) is 23.0 Å². The SMILES string of the molecule is Cc1nc(COc2ccc(C(=O)NC(C)c3ccc(S(C)(=O)=O)cc3)cc2)no1. The number of ether oxygens (including phenoxy) is 1. The van der Waals surface area contributed by atoms with Crippen LogP contribution in [0.5, 0.6) is 5.75 Å². The molecule has 0 saturated carbocycles. The Morgan fingerprint density at radius 1 is 1.14 bits per heavy atom. The van der Waals surface area contributed by atoms with Gasteiger partial charge in [0.15, 0.2) is 16.4 Å². The predicted octanol–water partition coefficient (Wildman–Crippen LogP) is 2.85. The Bertz CT molecular complexity index is 1090. The zero-order chi connectivity index (χ0) is 21.0. The van der Waals surface area contributed by atoms with Crippen LogP contribution in [0, 0.1) is 6.92 Å². The highest BCUT2D eigenvalue weighted by Gasteiger charge is 2.13. The van der Waals surface area contributed by atoms with Crippen molar-refractivity contribution >= 4 is 15.7 Å². The van der Waals surface area contributed by atoms with Crippen molar-refractivity contribution in [3.63, 3.8) is 0 Å². The van der Waals surface area contributed by atoms with Crippen LogP contribution in [0.4, 0.5) is 0 Å². The molecule has 1 N–H and O–H groups in total. The van der Waals surface area contributed by atoms with Crippen molar-refractivity contribution in [2.45, 2.75) is 31.4 Å². The summed E-state index contributed by atoms with van der Waals surface area (Å²) in [7, 11) is -3.25. The minimum absolute atomic E-state index is 0.170. The molecule has 1 atom stereocenters. The molecule has 9 heteroatoms. The average Bonchev–Trinajstić information content (AvgIpc) is 3.11. The van der Waals surface area contributed by atoms with Crippen LogP contribution < -0.4 is 10.1 Å². The van der Waals surface area contributed by atoms with Crippen LogP contribution in [0.3, 0.4) is 0 Å². The Balaban J connectivity index is 1.58. The van der Waals surface area contributed by atoms with Gasteiger partial charge in [-0.3, -0.25) is 4.79 Å². The highest BCUT2D eigenvalue weighted by Crippen LogP contribution is 2.18. The Morgan fingerprint density at radius 3 is 2.34 bits per heavy atom. The van der Waals surface area contributed by atoms with Crippen molar-refractivity contribution in [1.82, 2.24) is 15.5 Å². The molecule has 1 unspecified atom stereocenters. The molecule has 8 nitrogen and oxygen atoms in total. The summed E-state index contributed by atoms with van der Waals surface area (Å²) >= 11 is 0. The highest BCUT2D eigenvalue weighted by molar-refractivity contribution is 7.90. The number of hydrogen-bond donors (Lipinski definition) is 1. The van der Waals surface area contributed by atoms with Gasteiger partial charge < -0.3 is 14.6 Å². The van der Waals surface area contributed by atoms with Crippen LogP contribution in [-0.4, -0.2) is 30.7 Å². The summed E-state index contributed by atoms with van der Waals surface area (Å²) in [6.45, 7) is 3.70. The maximum absolute atomic E-state index is 12.5. The normalized spacial score (nSPS) is 12.4. The lowest BCUT2D eigenvalue weighted by molar-refractivity contribution is 0.0940. The Morgan fingerprint density at radius 2 is 1.79 bits per heavy atom. The molecule has 0 aliphatic rings. The third kappa shape index (κ3) is 5.41. The minimum atomic E-state index is -3.25. The number of amides is 1. The zero-order valence-electron chi connectivity index (χ0n) is 16.2. The molecule has 3 rings (SSSR count). The van der Waals surface area contributed by atoms with Gasteiger partial charge in [0.25, 0.3) is 5.91 Å². The lowest BCUT2D eigenvalue weighted by atomic mass is 10.1. The number of carbonyl (C=O) groups is 1. The molecule has 152 valence electrons. The zero-order valence-corrected chi connectivity index (χ0v) is 17.1. The van der Waals surface area contributed by atoms with Gasteiger partial charge in [0.05, 0.1) is 10.9 Å². The van der Waals surface area contributed by atoms with Crippen molar-refractivity contribution in [2.75, 3.05) is 6.26 Å². The molecule has 3 aromatic rings. The summed E-state index contributed by atoms with van der Waals surface area (Å²) < 4.78 is 33.5. The first kappa shape index (κ1) is 20.5. The number of aryl methyl sites for hydroxylation is 1. The van der Waals surface area contributed by atoms with Crippen LogP contribution in [0.15, 0.2) is 57.9 Å². The standard InChI is InChI=1S/C20H21N3O5S/c1-13(15-6-10-18(11-7-15)29(3,25)26)21-20(24)16-4-8-17(9-5-16)27-12-19-22-14(2)28-23-19/h4-11,13H,12H2,1-3H3,(H,21,24). The van der Waals surface area contributed by atoms with Crippen molar-refractivity contribution < 1.29 is 22.5 Å². The second-order valence-electron chi connectivity index (χ2n) is 6.58. The third-order valence-corrected chi connectivity index (χ3v) is 5.34. The summed E-state index contributed by atoms with van der Waals surface area (Å²) in [6, 6.07) is 12.9. The fourth-order valence-electron chi connectivity index (χ4n) is 2.62. The Hall–Kier alpha value is -3.20. The van der Waals surface area contributed by atoms with Gasteiger partial charge in [0, 0.05) is 18.7 Å². The van der Waals surface area contributed by atoms with E-state index in [1.165, 1.54) is 12.1 Å². The van der Waals surface area contributed by atoms with Crippen molar-refractivity contribution in [3.05, 3.63) is 71.4 Å². The van der Waals surface area contributed by atoms with Crippen molar-refractivity contribution in [1.29, 1.82) is 0 Å². The van der Waals surface area contributed by atoms with Crippen LogP contribution in [-0.2, 0) is 16.4 Å². The monoisotopic (exact) mass is 415 g/mol. The van der Waals surface area contributed by atoms with E-state index in [0.717, 1.165) is 11.8 Å². The number of sulfone groups is 1. The van der Waals surface area contributed by atoms with Gasteiger partial charge in [0.1, 0.15) is 5.75 Å². The van der Waals surface area contributed by atoms with E-state index in [9.17, 15) is 13.2 Å². The van der Waals surface area contributed by atoms with Crippen LogP contribution >= 0.6 is 0 Å². The van der Waals surface area contributed by atoms with E-state index in [-0.39, 0.29) is 23.5 Å². The Labute approximate surface area is 168 Å². The van der Waals surface area contributed by atoms with Crippen LogP contribution in [0.1, 0.15) is 40.6 Å². The molecular weight excluding hydrogens is 394 g/mol. The van der Waals surface area contributed by atoms with Gasteiger partial charge in [-0.25, -0.2) is 8.42 Å². The van der Waals surface area contributed by atoms with E-state index in [1.54, 1.807) is 43.3 Å². The first-order valence-electron chi connectivity index (χ1n) is 8.85. The number of nitrogens with zero attached hydrogens (tertiary/aromatic N) is 2. The number of carbonyl (C=O) groups excluding carboxylic acids is 1. The summed E-state index contributed by atoms with van der Waals surface area (Å²) in [6.07, 6.45) is 1.16. The van der Waals surface area contributed by atoms with Gasteiger partial charge in [-0.05, 0) is 48.9 Å². The summed E-state index contributed by atoms with van der Waals surface area (Å²) in [5, 5.41) is 6.64. The molecule has 1 heterocycles. The lowest BCUT2D eigenvalue weighted by Crippen LogP contribution is -2.26. The van der Waals surface area contributed by atoms with Gasteiger partial charge in [-0.15, -0.1) is 0 Å². The smallest absolute Gasteiger partial charge is 0.251 e. The fourth-order valence-corrected chi connectivity index (χ4v) is 3.25. The maximum atomic E-state index is 12.5. The topological polar surface area (TPSA) is 111 Å².